The van der Waals surface area contributed by atoms with Gasteiger partial charge in [0.1, 0.15) is 5.75 Å². The first-order valence-electron chi connectivity index (χ1n) is 6.88. The van der Waals surface area contributed by atoms with Gasteiger partial charge in [-0.25, -0.2) is 0 Å². The summed E-state index contributed by atoms with van der Waals surface area (Å²) in [6.07, 6.45) is 2.17. The molecule has 2 rings (SSSR count). The highest BCUT2D eigenvalue weighted by molar-refractivity contribution is 5.72. The number of hydrogen-bond acceptors (Lipinski definition) is 3. The molecule has 0 radical (unpaired) electrons. The number of carboxylic acids is 1. The van der Waals surface area contributed by atoms with E-state index in [1.165, 1.54) is 0 Å². The molecule has 0 bridgehead atoms. The zero-order chi connectivity index (χ0) is 13.7. The Morgan fingerprint density at radius 3 is 2.74 bits per heavy atom. The topological polar surface area (TPSA) is 58.6 Å². The van der Waals surface area contributed by atoms with E-state index in [2.05, 4.69) is 12.2 Å². The van der Waals surface area contributed by atoms with Gasteiger partial charge in [-0.15, -0.1) is 0 Å². The number of rotatable bonds is 6. The number of benzene rings is 1. The Morgan fingerprint density at radius 2 is 2.11 bits per heavy atom. The fraction of sp³-hybridized carbons (Fsp3) is 0.533. The molecule has 1 saturated heterocycles. The van der Waals surface area contributed by atoms with Crippen molar-refractivity contribution in [2.75, 3.05) is 19.7 Å². The number of nitrogens with one attached hydrogen (secondary N) is 1. The lowest BCUT2D eigenvalue weighted by atomic mass is 9.89. The van der Waals surface area contributed by atoms with Crippen LogP contribution in [0.1, 0.15) is 31.2 Å². The van der Waals surface area contributed by atoms with Gasteiger partial charge in [-0.1, -0.05) is 25.5 Å². The molecule has 1 fully saturated rings. The largest absolute Gasteiger partial charge is 0.494 e. The van der Waals surface area contributed by atoms with Gasteiger partial charge < -0.3 is 15.2 Å². The van der Waals surface area contributed by atoms with Gasteiger partial charge in [0, 0.05) is 19.0 Å². The molecule has 1 aliphatic rings. The highest BCUT2D eigenvalue weighted by atomic mass is 16.5. The Balaban J connectivity index is 1.99. The molecule has 2 atom stereocenters. The van der Waals surface area contributed by atoms with E-state index >= 15 is 0 Å². The van der Waals surface area contributed by atoms with E-state index in [9.17, 15) is 9.90 Å². The van der Waals surface area contributed by atoms with Crippen molar-refractivity contribution in [2.24, 2.45) is 5.92 Å². The van der Waals surface area contributed by atoms with E-state index in [4.69, 9.17) is 4.74 Å². The van der Waals surface area contributed by atoms with Crippen LogP contribution in [0, 0.1) is 5.92 Å². The predicted molar refractivity (Wildman–Crippen MR) is 73.6 cm³/mol. The van der Waals surface area contributed by atoms with Crippen LogP contribution in [0.15, 0.2) is 24.3 Å². The van der Waals surface area contributed by atoms with Gasteiger partial charge in [0.25, 0.3) is 0 Å². The Morgan fingerprint density at radius 1 is 1.37 bits per heavy atom. The Hall–Kier alpha value is -1.55. The van der Waals surface area contributed by atoms with E-state index in [1.807, 2.05) is 24.3 Å². The van der Waals surface area contributed by atoms with Crippen molar-refractivity contribution in [1.29, 1.82) is 0 Å². The van der Waals surface area contributed by atoms with Crippen LogP contribution < -0.4 is 10.1 Å². The van der Waals surface area contributed by atoms with Gasteiger partial charge in [-0.3, -0.25) is 4.79 Å². The smallest absolute Gasteiger partial charge is 0.308 e. The second-order valence-electron chi connectivity index (χ2n) is 4.98. The van der Waals surface area contributed by atoms with Crippen LogP contribution in [0.4, 0.5) is 0 Å². The monoisotopic (exact) mass is 263 g/mol. The Bertz CT molecular complexity index is 416. The average Bonchev–Trinajstić information content (AvgIpc) is 2.89. The van der Waals surface area contributed by atoms with E-state index < -0.39 is 5.97 Å². The van der Waals surface area contributed by atoms with Gasteiger partial charge >= 0.3 is 5.97 Å². The van der Waals surface area contributed by atoms with E-state index in [0.717, 1.165) is 37.3 Å². The summed E-state index contributed by atoms with van der Waals surface area (Å²) in [7, 11) is 0. The normalized spacial score (nSPS) is 22.4. The summed E-state index contributed by atoms with van der Waals surface area (Å²) in [5, 5.41) is 12.3. The Labute approximate surface area is 113 Å². The first kappa shape index (κ1) is 13.9. The van der Waals surface area contributed by atoms with Crippen molar-refractivity contribution < 1.29 is 14.6 Å². The highest BCUT2D eigenvalue weighted by Crippen LogP contribution is 2.29. The Kier molecular flexibility index (Phi) is 4.80. The van der Waals surface area contributed by atoms with Crippen molar-refractivity contribution >= 4 is 5.97 Å². The molecular weight excluding hydrogens is 242 g/mol. The summed E-state index contributed by atoms with van der Waals surface area (Å²) in [4.78, 5) is 11.2. The zero-order valence-electron chi connectivity index (χ0n) is 11.3. The second kappa shape index (κ2) is 6.57. The third-order valence-electron chi connectivity index (χ3n) is 3.61. The lowest BCUT2D eigenvalue weighted by Crippen LogP contribution is -2.20. The number of carboxylic acid groups (broad SMARTS) is 1. The second-order valence-corrected chi connectivity index (χ2v) is 4.98. The highest BCUT2D eigenvalue weighted by Gasteiger charge is 2.33. The van der Waals surface area contributed by atoms with Gasteiger partial charge in [0.15, 0.2) is 0 Å². The van der Waals surface area contributed by atoms with Gasteiger partial charge in [0.2, 0.25) is 0 Å². The predicted octanol–water partition coefficient (Wildman–Crippen LogP) is 2.25. The van der Waals surface area contributed by atoms with Crippen LogP contribution in [0.3, 0.4) is 0 Å². The lowest BCUT2D eigenvalue weighted by Gasteiger charge is -2.15. The molecule has 0 saturated carbocycles. The third kappa shape index (κ3) is 3.47. The van der Waals surface area contributed by atoms with Gasteiger partial charge in [-0.05, 0) is 24.1 Å². The summed E-state index contributed by atoms with van der Waals surface area (Å²) in [6.45, 7) is 4.14. The molecule has 4 heteroatoms. The lowest BCUT2D eigenvalue weighted by molar-refractivity contribution is -0.141. The number of hydrogen-bond donors (Lipinski definition) is 2. The van der Waals surface area contributed by atoms with Crippen molar-refractivity contribution in [2.45, 2.75) is 25.7 Å². The molecule has 0 spiro atoms. The third-order valence-corrected chi connectivity index (χ3v) is 3.61. The summed E-state index contributed by atoms with van der Waals surface area (Å²) in [5.41, 5.74) is 1.07. The summed E-state index contributed by atoms with van der Waals surface area (Å²) in [5.74, 6) is -0.137. The molecule has 1 aliphatic heterocycles. The van der Waals surface area contributed by atoms with Crippen LogP contribution in [-0.4, -0.2) is 30.8 Å². The molecule has 104 valence electrons. The first-order chi connectivity index (χ1) is 9.22. The van der Waals surface area contributed by atoms with Gasteiger partial charge in [0.05, 0.1) is 12.5 Å². The molecule has 19 heavy (non-hydrogen) atoms. The van der Waals surface area contributed by atoms with Crippen LogP contribution >= 0.6 is 0 Å². The van der Waals surface area contributed by atoms with Crippen molar-refractivity contribution in [3.63, 3.8) is 0 Å². The fourth-order valence-electron chi connectivity index (χ4n) is 2.43. The molecule has 0 aromatic heterocycles. The maximum Gasteiger partial charge on any atom is 0.308 e. The SMILES string of the molecule is CCCCOc1ccc(C2CNCC2C(=O)O)cc1. The maximum absolute atomic E-state index is 11.2. The van der Waals surface area contributed by atoms with Crippen LogP contribution in [0.5, 0.6) is 5.75 Å². The minimum atomic E-state index is -0.724. The molecule has 2 unspecified atom stereocenters. The first-order valence-corrected chi connectivity index (χ1v) is 6.88. The molecule has 0 aliphatic carbocycles. The summed E-state index contributed by atoms with van der Waals surface area (Å²) >= 11 is 0. The molecule has 0 amide bonds. The average molecular weight is 263 g/mol. The number of ether oxygens (including phenoxy) is 1. The van der Waals surface area contributed by atoms with Crippen LogP contribution in [-0.2, 0) is 4.79 Å². The quantitative estimate of drug-likeness (QED) is 0.773. The number of carbonyl (C=O) groups is 1. The maximum atomic E-state index is 11.2. The van der Waals surface area contributed by atoms with E-state index in [0.29, 0.717) is 6.54 Å². The minimum Gasteiger partial charge on any atom is -0.494 e. The molecule has 1 heterocycles. The molecule has 1 aromatic rings. The molecule has 1 aromatic carbocycles. The van der Waals surface area contributed by atoms with E-state index in [1.54, 1.807) is 0 Å². The van der Waals surface area contributed by atoms with Crippen LogP contribution in [0.25, 0.3) is 0 Å². The molecular formula is C15H21NO3. The minimum absolute atomic E-state index is 0.0576. The van der Waals surface area contributed by atoms with Crippen LogP contribution in [0.2, 0.25) is 0 Å². The zero-order valence-corrected chi connectivity index (χ0v) is 11.3. The van der Waals surface area contributed by atoms with Crippen molar-refractivity contribution in [3.05, 3.63) is 29.8 Å². The molecule has 2 N–H and O–H groups in total. The van der Waals surface area contributed by atoms with Crippen molar-refractivity contribution in [3.8, 4) is 5.75 Å². The fourth-order valence-corrected chi connectivity index (χ4v) is 2.43. The number of aliphatic carboxylic acids is 1. The van der Waals surface area contributed by atoms with Crippen molar-refractivity contribution in [1.82, 2.24) is 5.32 Å². The standard InChI is InChI=1S/C15H21NO3/c1-2-3-8-19-12-6-4-11(5-7-12)13-9-16-10-14(13)15(17)18/h4-7,13-14,16H,2-3,8-10H2,1H3,(H,17,18). The van der Waals surface area contributed by atoms with E-state index in [-0.39, 0.29) is 11.8 Å². The molecule has 4 nitrogen and oxygen atoms in total. The summed E-state index contributed by atoms with van der Waals surface area (Å²) in [6, 6.07) is 7.83. The van der Waals surface area contributed by atoms with Gasteiger partial charge in [-0.2, -0.15) is 0 Å². The number of unbranched alkanes of at least 4 members (excludes halogenated alkanes) is 1. The summed E-state index contributed by atoms with van der Waals surface area (Å²) < 4.78 is 5.61.